The minimum absolute atomic E-state index is 0.321. The zero-order valence-electron chi connectivity index (χ0n) is 11.8. The molecule has 1 heterocycles. The Morgan fingerprint density at radius 2 is 1.62 bits per heavy atom. The Hall–Kier alpha value is -1.31. The van der Waals surface area contributed by atoms with E-state index in [1.165, 1.54) is 12.1 Å². The van der Waals surface area contributed by atoms with Crippen molar-refractivity contribution in [2.24, 2.45) is 0 Å². The van der Waals surface area contributed by atoms with Crippen molar-refractivity contribution in [2.75, 3.05) is 0 Å². The summed E-state index contributed by atoms with van der Waals surface area (Å²) < 4.78 is 43.6. The molecule has 0 aliphatic heterocycles. The summed E-state index contributed by atoms with van der Waals surface area (Å²) >= 11 is 2.12. The van der Waals surface area contributed by atoms with E-state index in [1.807, 2.05) is 26.8 Å². The van der Waals surface area contributed by atoms with Gasteiger partial charge in [-0.3, -0.25) is 0 Å². The van der Waals surface area contributed by atoms with Gasteiger partial charge in [0.2, 0.25) is 5.88 Å². The number of halogens is 4. The summed E-state index contributed by atoms with van der Waals surface area (Å²) in [6.07, 6.45) is -4.34. The molecule has 0 aliphatic rings. The second kappa shape index (κ2) is 7.63. The van der Waals surface area contributed by atoms with Gasteiger partial charge >= 0.3 is 6.18 Å². The summed E-state index contributed by atoms with van der Waals surface area (Å²) in [5.41, 5.74) is 0.0837. The number of benzene rings is 1. The molecule has 21 heavy (non-hydrogen) atoms. The molecule has 0 unspecified atom stereocenters. The molecule has 0 spiro atoms. The van der Waals surface area contributed by atoms with Crippen LogP contribution in [0.4, 0.5) is 13.2 Å². The summed E-state index contributed by atoms with van der Waals surface area (Å²) in [5.74, 6) is 0.686. The SMILES string of the molecule is CC.Cc1cc(I)cc(Oc2ccc(C(F)(F)F)cc2)n1. The molecule has 2 aromatic rings. The van der Waals surface area contributed by atoms with Crippen molar-refractivity contribution in [2.45, 2.75) is 26.9 Å². The second-order valence-corrected chi connectivity index (χ2v) is 5.13. The van der Waals surface area contributed by atoms with Gasteiger partial charge in [-0.15, -0.1) is 0 Å². The number of aryl methyl sites for hydroxylation is 1. The number of rotatable bonds is 2. The molecule has 1 aromatic heterocycles. The standard InChI is InChI=1S/C13H9F3INO.C2H6/c1-8-6-10(17)7-12(18-8)19-11-4-2-9(3-5-11)13(14,15)16;1-2/h2-7H,1H3;1-2H3. The first-order valence-electron chi connectivity index (χ1n) is 6.34. The Balaban J connectivity index is 0.00000106. The first-order chi connectivity index (χ1) is 9.84. The molecule has 0 aliphatic carbocycles. The Labute approximate surface area is 135 Å². The fourth-order valence-corrected chi connectivity index (χ4v) is 2.20. The number of aromatic nitrogens is 1. The van der Waals surface area contributed by atoms with Crippen LogP contribution >= 0.6 is 22.6 Å². The number of ether oxygens (including phenoxy) is 1. The van der Waals surface area contributed by atoms with Gasteiger partial charge in [-0.25, -0.2) is 4.98 Å². The van der Waals surface area contributed by atoms with Gasteiger partial charge in [0, 0.05) is 15.3 Å². The average Bonchev–Trinajstić information content (AvgIpc) is 2.39. The topological polar surface area (TPSA) is 22.1 Å². The maximum Gasteiger partial charge on any atom is 0.416 e. The Morgan fingerprint density at radius 3 is 2.10 bits per heavy atom. The van der Waals surface area contributed by atoms with E-state index in [2.05, 4.69) is 27.6 Å². The highest BCUT2D eigenvalue weighted by Gasteiger charge is 2.30. The number of hydrogen-bond acceptors (Lipinski definition) is 2. The van der Waals surface area contributed by atoms with Gasteiger partial charge in [-0.2, -0.15) is 13.2 Å². The van der Waals surface area contributed by atoms with Crippen molar-refractivity contribution in [3.63, 3.8) is 0 Å². The zero-order chi connectivity index (χ0) is 16.0. The van der Waals surface area contributed by atoms with Crippen molar-refractivity contribution >= 4 is 22.6 Å². The first kappa shape index (κ1) is 17.7. The Kier molecular flexibility index (Phi) is 6.44. The first-order valence-corrected chi connectivity index (χ1v) is 7.42. The molecule has 0 fully saturated rings. The minimum atomic E-state index is -4.34. The number of pyridine rings is 1. The van der Waals surface area contributed by atoms with Crippen LogP contribution in [-0.4, -0.2) is 4.98 Å². The van der Waals surface area contributed by atoms with Crippen LogP contribution in [0.15, 0.2) is 36.4 Å². The summed E-state index contributed by atoms with van der Waals surface area (Å²) in [7, 11) is 0. The molecule has 0 saturated carbocycles. The van der Waals surface area contributed by atoms with Gasteiger partial charge in [-0.1, -0.05) is 13.8 Å². The highest BCUT2D eigenvalue weighted by Crippen LogP contribution is 2.31. The van der Waals surface area contributed by atoms with E-state index >= 15 is 0 Å². The molecular formula is C15H15F3INO. The van der Waals surface area contributed by atoms with Crippen LogP contribution in [0.2, 0.25) is 0 Å². The van der Waals surface area contributed by atoms with E-state index in [9.17, 15) is 13.2 Å². The van der Waals surface area contributed by atoms with Gasteiger partial charge in [-0.05, 0) is 59.8 Å². The van der Waals surface area contributed by atoms with Crippen LogP contribution in [0.25, 0.3) is 0 Å². The van der Waals surface area contributed by atoms with Crippen molar-refractivity contribution < 1.29 is 17.9 Å². The van der Waals surface area contributed by atoms with Crippen LogP contribution < -0.4 is 4.74 Å². The van der Waals surface area contributed by atoms with E-state index in [4.69, 9.17) is 4.74 Å². The van der Waals surface area contributed by atoms with Crippen LogP contribution in [-0.2, 0) is 6.18 Å². The van der Waals surface area contributed by atoms with E-state index in [-0.39, 0.29) is 0 Å². The lowest BCUT2D eigenvalue weighted by Gasteiger charge is -2.09. The molecule has 0 saturated heterocycles. The summed E-state index contributed by atoms with van der Waals surface area (Å²) in [5, 5.41) is 0. The maximum absolute atomic E-state index is 12.4. The molecule has 0 N–H and O–H groups in total. The molecule has 1 aromatic carbocycles. The fourth-order valence-electron chi connectivity index (χ4n) is 1.48. The molecule has 6 heteroatoms. The van der Waals surface area contributed by atoms with Gasteiger partial charge in [0.15, 0.2) is 0 Å². The third-order valence-electron chi connectivity index (χ3n) is 2.30. The van der Waals surface area contributed by atoms with Crippen LogP contribution in [0.1, 0.15) is 25.1 Å². The molecule has 114 valence electrons. The van der Waals surface area contributed by atoms with Crippen molar-refractivity contribution in [1.82, 2.24) is 4.98 Å². The summed E-state index contributed by atoms with van der Waals surface area (Å²) in [4.78, 5) is 4.15. The molecule has 0 bridgehead atoms. The molecule has 2 rings (SSSR count). The van der Waals surface area contributed by atoms with E-state index in [1.54, 1.807) is 6.07 Å². The van der Waals surface area contributed by atoms with E-state index in [0.29, 0.717) is 11.6 Å². The van der Waals surface area contributed by atoms with Crippen LogP contribution in [0.5, 0.6) is 11.6 Å². The lowest BCUT2D eigenvalue weighted by molar-refractivity contribution is -0.137. The van der Waals surface area contributed by atoms with Crippen molar-refractivity contribution in [1.29, 1.82) is 0 Å². The highest BCUT2D eigenvalue weighted by atomic mass is 127. The van der Waals surface area contributed by atoms with Crippen LogP contribution in [0.3, 0.4) is 0 Å². The quantitative estimate of drug-likeness (QED) is 0.583. The fraction of sp³-hybridized carbons (Fsp3) is 0.267. The molecule has 0 amide bonds. The van der Waals surface area contributed by atoms with Gasteiger partial charge < -0.3 is 4.74 Å². The molecule has 0 atom stereocenters. The molecular weight excluding hydrogens is 394 g/mol. The summed E-state index contributed by atoms with van der Waals surface area (Å²) in [6.45, 7) is 5.82. The average molecular weight is 409 g/mol. The second-order valence-electron chi connectivity index (χ2n) is 3.89. The number of hydrogen-bond donors (Lipinski definition) is 0. The minimum Gasteiger partial charge on any atom is -0.439 e. The Morgan fingerprint density at radius 1 is 1.05 bits per heavy atom. The lowest BCUT2D eigenvalue weighted by atomic mass is 10.2. The largest absolute Gasteiger partial charge is 0.439 e. The predicted molar refractivity (Wildman–Crippen MR) is 84.6 cm³/mol. The predicted octanol–water partition coefficient (Wildman–Crippen LogP) is 5.83. The van der Waals surface area contributed by atoms with Crippen LogP contribution in [0, 0.1) is 10.5 Å². The van der Waals surface area contributed by atoms with E-state index < -0.39 is 11.7 Å². The van der Waals surface area contributed by atoms with Gasteiger partial charge in [0.25, 0.3) is 0 Å². The normalized spacial score (nSPS) is 10.6. The zero-order valence-corrected chi connectivity index (χ0v) is 14.0. The highest BCUT2D eigenvalue weighted by molar-refractivity contribution is 14.1. The third kappa shape index (κ3) is 5.53. The lowest BCUT2D eigenvalue weighted by Crippen LogP contribution is -2.04. The number of nitrogens with zero attached hydrogens (tertiary/aromatic N) is 1. The van der Waals surface area contributed by atoms with Gasteiger partial charge in [0.05, 0.1) is 5.56 Å². The Bertz CT molecular complexity index is 562. The molecule has 0 radical (unpaired) electrons. The number of alkyl halides is 3. The monoisotopic (exact) mass is 409 g/mol. The van der Waals surface area contributed by atoms with Crippen molar-refractivity contribution in [3.05, 3.63) is 51.2 Å². The maximum atomic E-state index is 12.4. The van der Waals surface area contributed by atoms with E-state index in [0.717, 1.165) is 21.4 Å². The van der Waals surface area contributed by atoms with Crippen molar-refractivity contribution in [3.8, 4) is 11.6 Å². The van der Waals surface area contributed by atoms with Gasteiger partial charge in [0.1, 0.15) is 5.75 Å². The smallest absolute Gasteiger partial charge is 0.416 e. The third-order valence-corrected chi connectivity index (χ3v) is 2.92. The molecule has 2 nitrogen and oxygen atoms in total. The summed E-state index contributed by atoms with van der Waals surface area (Å²) in [6, 6.07) is 8.11.